The van der Waals surface area contributed by atoms with E-state index in [0.717, 1.165) is 85.9 Å². The van der Waals surface area contributed by atoms with Gasteiger partial charge in [0.25, 0.3) is 0 Å². The van der Waals surface area contributed by atoms with Crippen LogP contribution in [0.1, 0.15) is 183 Å². The van der Waals surface area contributed by atoms with E-state index in [2.05, 4.69) is 41.5 Å². The molecule has 0 aromatic carbocycles. The molecule has 8 aliphatic rings. The van der Waals surface area contributed by atoms with E-state index in [9.17, 15) is 30.0 Å². The molecular weight excluding hydrogens is 697 g/mol. The van der Waals surface area contributed by atoms with Crippen molar-refractivity contribution in [1.29, 1.82) is 0 Å². The van der Waals surface area contributed by atoms with Crippen LogP contribution in [0.4, 0.5) is 0 Å². The molecule has 2 N–H and O–H groups in total. The van der Waals surface area contributed by atoms with E-state index in [1.54, 1.807) is 0 Å². The quantitative estimate of drug-likeness (QED) is 0.242. The molecule has 0 aromatic heterocycles. The average molecular weight is 775 g/mol. The van der Waals surface area contributed by atoms with Crippen molar-refractivity contribution in [2.45, 2.75) is 195 Å². The topological polar surface area (TPSA) is 121 Å². The predicted octanol–water partition coefficient (Wildman–Crippen LogP) is 7.96. The van der Waals surface area contributed by atoms with E-state index in [0.29, 0.717) is 45.3 Å². The number of carbonyl (C=O) groups excluding carboxylic acids is 2. The SMILES string of the molecule is C[C@H](CCC(=O)[O-])[C@H]1CC[C@H]2[C@@H]3CC[C@@H]4C[C@H](O)CC[C@]4(C)[C@H]3CC[C@]12C.C[C@H](CCC(=O)[O-])[C@H]1CC[C@H]2[C@@H]3CC[C@@H]4C[C@H](O)CC[C@]4(C)[C@H]3CC[C@]12C.[Mg+2]. The van der Waals surface area contributed by atoms with Crippen LogP contribution in [-0.2, 0) is 9.59 Å². The average Bonchev–Trinajstić information content (AvgIpc) is 3.67. The third-order valence-corrected chi connectivity index (χ3v) is 20.4. The van der Waals surface area contributed by atoms with Crippen molar-refractivity contribution in [3.63, 3.8) is 0 Å². The molecule has 0 aromatic rings. The zero-order valence-corrected chi connectivity index (χ0v) is 37.3. The van der Waals surface area contributed by atoms with E-state index in [1.807, 2.05) is 0 Å². The molecule has 0 radical (unpaired) electrons. The third kappa shape index (κ3) is 8.00. The fourth-order valence-corrected chi connectivity index (χ4v) is 17.5. The second-order valence-corrected chi connectivity index (χ2v) is 22.4. The summed E-state index contributed by atoms with van der Waals surface area (Å²) < 4.78 is 0. The Hall–Kier alpha value is -0.374. The van der Waals surface area contributed by atoms with E-state index in [4.69, 9.17) is 0 Å². The summed E-state index contributed by atoms with van der Waals surface area (Å²) in [5.74, 6) is 7.09. The third-order valence-electron chi connectivity index (χ3n) is 20.4. The monoisotopic (exact) mass is 775 g/mol. The molecule has 0 aliphatic heterocycles. The second kappa shape index (κ2) is 16.9. The molecule has 308 valence electrons. The molecule has 0 heterocycles. The number of fused-ring (bicyclic) bond motifs is 10. The van der Waals surface area contributed by atoms with Gasteiger partial charge in [-0.3, -0.25) is 0 Å². The van der Waals surface area contributed by atoms with Gasteiger partial charge in [-0.1, -0.05) is 41.5 Å². The first-order chi connectivity index (χ1) is 25.5. The Bertz CT molecular complexity index is 1260. The first-order valence-electron chi connectivity index (χ1n) is 23.3. The molecule has 8 rings (SSSR count). The number of hydrogen-bond donors (Lipinski definition) is 2. The summed E-state index contributed by atoms with van der Waals surface area (Å²) in [7, 11) is 0. The molecule has 7 heteroatoms. The van der Waals surface area contributed by atoms with Gasteiger partial charge in [-0.05, 0) is 234 Å². The van der Waals surface area contributed by atoms with Crippen LogP contribution in [0.3, 0.4) is 0 Å². The van der Waals surface area contributed by atoms with Gasteiger partial charge < -0.3 is 30.0 Å². The number of aliphatic hydroxyl groups is 2. The summed E-state index contributed by atoms with van der Waals surface area (Å²) in [6.45, 7) is 14.8. The molecule has 0 saturated heterocycles. The summed E-state index contributed by atoms with van der Waals surface area (Å²) in [5.41, 5.74) is 1.71. The van der Waals surface area contributed by atoms with Gasteiger partial charge in [0.2, 0.25) is 0 Å². The molecule has 0 amide bonds. The molecule has 55 heavy (non-hydrogen) atoms. The Morgan fingerprint density at radius 2 is 0.873 bits per heavy atom. The maximum absolute atomic E-state index is 10.9. The van der Waals surface area contributed by atoms with Crippen molar-refractivity contribution in [2.24, 2.45) is 92.7 Å². The van der Waals surface area contributed by atoms with Gasteiger partial charge in [0.1, 0.15) is 0 Å². The zero-order chi connectivity index (χ0) is 38.8. The summed E-state index contributed by atoms with van der Waals surface area (Å²) >= 11 is 0. The van der Waals surface area contributed by atoms with Crippen molar-refractivity contribution in [3.8, 4) is 0 Å². The summed E-state index contributed by atoms with van der Waals surface area (Å²) in [5, 5.41) is 42.2. The maximum Gasteiger partial charge on any atom is 2.00 e. The molecule has 18 atom stereocenters. The van der Waals surface area contributed by atoms with Crippen LogP contribution in [0.25, 0.3) is 0 Å². The minimum Gasteiger partial charge on any atom is -0.550 e. The second-order valence-electron chi connectivity index (χ2n) is 22.4. The van der Waals surface area contributed by atoms with Gasteiger partial charge in [0, 0.05) is 11.9 Å². The van der Waals surface area contributed by atoms with Crippen LogP contribution in [-0.4, -0.2) is 57.4 Å². The number of hydrogen-bond acceptors (Lipinski definition) is 6. The summed E-state index contributed by atoms with van der Waals surface area (Å²) in [6, 6.07) is 0. The number of aliphatic hydroxyl groups excluding tert-OH is 2. The molecule has 8 fully saturated rings. The Labute approximate surface area is 351 Å². The normalized spacial score (nSPS) is 49.5. The van der Waals surface area contributed by atoms with Crippen LogP contribution in [0.2, 0.25) is 0 Å². The summed E-state index contributed by atoms with van der Waals surface area (Å²) in [6.07, 6.45) is 24.3. The van der Waals surface area contributed by atoms with Gasteiger partial charge in [0.15, 0.2) is 0 Å². The van der Waals surface area contributed by atoms with Gasteiger partial charge in [0.05, 0.1) is 12.2 Å². The van der Waals surface area contributed by atoms with E-state index < -0.39 is 11.9 Å². The zero-order valence-electron chi connectivity index (χ0n) is 35.9. The number of carboxylic acid groups (broad SMARTS) is 2. The Morgan fingerprint density at radius 1 is 0.527 bits per heavy atom. The number of carbonyl (C=O) groups is 2. The Morgan fingerprint density at radius 3 is 1.24 bits per heavy atom. The number of aliphatic carboxylic acids is 2. The first kappa shape index (κ1) is 44.2. The van der Waals surface area contributed by atoms with Crippen molar-refractivity contribution >= 4 is 35.0 Å². The van der Waals surface area contributed by atoms with E-state index in [1.165, 1.54) is 89.9 Å². The molecule has 8 aliphatic carbocycles. The van der Waals surface area contributed by atoms with Gasteiger partial charge in [-0.2, -0.15) is 0 Å². The van der Waals surface area contributed by atoms with E-state index in [-0.39, 0.29) is 48.1 Å². The van der Waals surface area contributed by atoms with Gasteiger partial charge in [-0.25, -0.2) is 0 Å². The van der Waals surface area contributed by atoms with Gasteiger partial charge in [-0.15, -0.1) is 0 Å². The molecule has 6 nitrogen and oxygen atoms in total. The standard InChI is InChI=1S/2C24H40O3.Mg/c2*1-15(4-9-22(26)27)19-7-8-20-18-6-5-16-14-17(25)10-12-23(16,2)21(18)11-13-24(19,20)3;/h2*15-21,25H,4-14H2,1-3H3,(H,26,27);/q;;+2/p-2/t2*15-,16-,17-,18+,19-,20+,21+,23+,24-;/m11./s1. The minimum atomic E-state index is -0.893. The van der Waals surface area contributed by atoms with Crippen LogP contribution in [0.15, 0.2) is 0 Å². The fourth-order valence-electron chi connectivity index (χ4n) is 17.5. The van der Waals surface area contributed by atoms with Crippen LogP contribution < -0.4 is 10.2 Å². The number of carboxylic acids is 2. The Kier molecular flexibility index (Phi) is 13.6. The molecule has 0 unspecified atom stereocenters. The first-order valence-corrected chi connectivity index (χ1v) is 23.3. The largest absolute Gasteiger partial charge is 2.00 e. The molecule has 8 saturated carbocycles. The molecular formula is C48H78MgO6. The fraction of sp³-hybridized carbons (Fsp3) is 0.958. The van der Waals surface area contributed by atoms with Crippen molar-refractivity contribution < 1.29 is 30.0 Å². The Balaban J connectivity index is 0.000000184. The minimum absolute atomic E-state index is 0. The van der Waals surface area contributed by atoms with E-state index >= 15 is 0 Å². The maximum atomic E-state index is 10.9. The predicted molar refractivity (Wildman–Crippen MR) is 215 cm³/mol. The van der Waals surface area contributed by atoms with Crippen molar-refractivity contribution in [1.82, 2.24) is 0 Å². The van der Waals surface area contributed by atoms with Gasteiger partial charge >= 0.3 is 23.1 Å². The van der Waals surface area contributed by atoms with Crippen molar-refractivity contribution in [3.05, 3.63) is 0 Å². The van der Waals surface area contributed by atoms with Crippen LogP contribution in [0, 0.1) is 92.7 Å². The van der Waals surface area contributed by atoms with Crippen LogP contribution in [0.5, 0.6) is 0 Å². The molecule has 0 spiro atoms. The summed E-state index contributed by atoms with van der Waals surface area (Å²) in [4.78, 5) is 21.9. The smallest absolute Gasteiger partial charge is 0.550 e. The molecule has 0 bridgehead atoms. The number of rotatable bonds is 8. The van der Waals surface area contributed by atoms with Crippen molar-refractivity contribution in [2.75, 3.05) is 0 Å². The van der Waals surface area contributed by atoms with Crippen LogP contribution >= 0.6 is 0 Å².